The van der Waals surface area contributed by atoms with Crippen molar-refractivity contribution in [3.8, 4) is 0 Å². The number of amides is 1. The van der Waals surface area contributed by atoms with E-state index in [2.05, 4.69) is 6.92 Å². The van der Waals surface area contributed by atoms with Crippen molar-refractivity contribution >= 4 is 5.91 Å². The number of hydrogen-bond donors (Lipinski definition) is 1. The molecule has 70 valence electrons. The van der Waals surface area contributed by atoms with E-state index in [9.17, 15) is 4.79 Å². The first kappa shape index (κ1) is 11.0. The van der Waals surface area contributed by atoms with Crippen molar-refractivity contribution in [3.63, 3.8) is 0 Å². The van der Waals surface area contributed by atoms with Crippen LogP contribution in [0.15, 0.2) is 11.8 Å². The van der Waals surface area contributed by atoms with Gasteiger partial charge in [0.2, 0.25) is 5.91 Å². The van der Waals surface area contributed by atoms with E-state index in [1.54, 1.807) is 0 Å². The van der Waals surface area contributed by atoms with Crippen molar-refractivity contribution in [2.45, 2.75) is 33.1 Å². The van der Waals surface area contributed by atoms with Gasteiger partial charge in [0.25, 0.3) is 0 Å². The van der Waals surface area contributed by atoms with Gasteiger partial charge in [0.15, 0.2) is 0 Å². The Morgan fingerprint density at radius 3 is 2.58 bits per heavy atom. The summed E-state index contributed by atoms with van der Waals surface area (Å²) < 4.78 is 4.99. The van der Waals surface area contributed by atoms with Crippen LogP contribution in [0.4, 0.5) is 0 Å². The zero-order valence-corrected chi connectivity index (χ0v) is 7.80. The predicted octanol–water partition coefficient (Wildman–Crippen LogP) is 1.58. The largest absolute Gasteiger partial charge is 0.501 e. The number of nitrogens with two attached hydrogens (primary N) is 1. The van der Waals surface area contributed by atoms with Gasteiger partial charge >= 0.3 is 0 Å². The van der Waals surface area contributed by atoms with Crippen LogP contribution >= 0.6 is 0 Å². The Morgan fingerprint density at radius 1 is 1.50 bits per heavy atom. The second kappa shape index (κ2) is 6.70. The number of rotatable bonds is 6. The molecular formula is C9H17NO2. The molecule has 0 saturated heterocycles. The molecule has 0 atom stereocenters. The second-order valence-corrected chi connectivity index (χ2v) is 2.57. The molecule has 0 radical (unpaired) electrons. The van der Waals surface area contributed by atoms with Gasteiger partial charge in [0.1, 0.15) is 0 Å². The van der Waals surface area contributed by atoms with Crippen molar-refractivity contribution in [3.05, 3.63) is 11.8 Å². The fourth-order valence-corrected chi connectivity index (χ4v) is 0.791. The summed E-state index contributed by atoms with van der Waals surface area (Å²) in [4.78, 5) is 10.8. The lowest BCUT2D eigenvalue weighted by Gasteiger charge is -2.01. The minimum Gasteiger partial charge on any atom is -0.501 e. The van der Waals surface area contributed by atoms with Gasteiger partial charge in [-0.2, -0.15) is 0 Å². The van der Waals surface area contributed by atoms with E-state index in [1.807, 2.05) is 6.92 Å². The van der Waals surface area contributed by atoms with Gasteiger partial charge in [-0.25, -0.2) is 0 Å². The van der Waals surface area contributed by atoms with Gasteiger partial charge in [-0.3, -0.25) is 4.79 Å². The standard InChI is InChI=1S/C9H17NO2/c1-3-5-6-8(9(10)11)7-12-4-2/h7H,3-6H2,1-2H3,(H2,10,11). The molecule has 0 unspecified atom stereocenters. The molecule has 0 heterocycles. The number of unbranched alkanes of at least 4 members (excludes halogenated alkanes) is 1. The molecule has 1 amide bonds. The second-order valence-electron chi connectivity index (χ2n) is 2.57. The summed E-state index contributed by atoms with van der Waals surface area (Å²) >= 11 is 0. The number of hydrogen-bond acceptors (Lipinski definition) is 2. The minimum absolute atomic E-state index is 0.378. The van der Waals surface area contributed by atoms with Crippen LogP contribution in [0.3, 0.4) is 0 Å². The van der Waals surface area contributed by atoms with Crippen LogP contribution in [0.2, 0.25) is 0 Å². The van der Waals surface area contributed by atoms with Crippen LogP contribution in [0.25, 0.3) is 0 Å². The molecule has 0 spiro atoms. The van der Waals surface area contributed by atoms with E-state index >= 15 is 0 Å². The maximum atomic E-state index is 10.8. The van der Waals surface area contributed by atoms with Crippen LogP contribution < -0.4 is 5.73 Å². The molecule has 0 aliphatic carbocycles. The van der Waals surface area contributed by atoms with E-state index in [4.69, 9.17) is 10.5 Å². The Balaban J connectivity index is 3.94. The molecule has 0 aromatic heterocycles. The zero-order chi connectivity index (χ0) is 9.40. The lowest BCUT2D eigenvalue weighted by Crippen LogP contribution is -2.14. The zero-order valence-electron chi connectivity index (χ0n) is 7.80. The molecule has 0 fully saturated rings. The summed E-state index contributed by atoms with van der Waals surface area (Å²) in [6.07, 6.45) is 4.21. The Labute approximate surface area is 73.6 Å². The van der Waals surface area contributed by atoms with Gasteiger partial charge in [-0.15, -0.1) is 0 Å². The third-order valence-electron chi connectivity index (χ3n) is 1.51. The highest BCUT2D eigenvalue weighted by atomic mass is 16.5. The van der Waals surface area contributed by atoms with Crippen LogP contribution in [0.1, 0.15) is 33.1 Å². The number of carbonyl (C=O) groups excluding carboxylic acids is 1. The van der Waals surface area contributed by atoms with Gasteiger partial charge in [-0.1, -0.05) is 13.3 Å². The summed E-state index contributed by atoms with van der Waals surface area (Å²) in [6, 6.07) is 0. The molecule has 12 heavy (non-hydrogen) atoms. The van der Waals surface area contributed by atoms with Gasteiger partial charge in [-0.05, 0) is 19.8 Å². The summed E-state index contributed by atoms with van der Waals surface area (Å²) in [5.41, 5.74) is 5.71. The Bertz CT molecular complexity index is 164. The van der Waals surface area contributed by atoms with E-state index in [0.717, 1.165) is 12.8 Å². The average Bonchev–Trinajstić information content (AvgIpc) is 2.04. The van der Waals surface area contributed by atoms with Gasteiger partial charge < -0.3 is 10.5 Å². The first-order valence-corrected chi connectivity index (χ1v) is 4.32. The molecule has 0 rings (SSSR count). The quantitative estimate of drug-likeness (QED) is 0.487. The smallest absolute Gasteiger partial charge is 0.247 e. The van der Waals surface area contributed by atoms with E-state index in [-0.39, 0.29) is 5.91 Å². The van der Waals surface area contributed by atoms with Crippen molar-refractivity contribution < 1.29 is 9.53 Å². The summed E-state index contributed by atoms with van der Waals surface area (Å²) in [6.45, 7) is 4.51. The average molecular weight is 171 g/mol. The molecule has 0 aliphatic heterocycles. The summed E-state index contributed by atoms with van der Waals surface area (Å²) in [7, 11) is 0. The number of primary amides is 1. The molecule has 0 aromatic carbocycles. The van der Waals surface area contributed by atoms with Crippen LogP contribution in [-0.4, -0.2) is 12.5 Å². The molecular weight excluding hydrogens is 154 g/mol. The number of ether oxygens (including phenoxy) is 1. The maximum absolute atomic E-state index is 10.8. The fourth-order valence-electron chi connectivity index (χ4n) is 0.791. The van der Waals surface area contributed by atoms with E-state index in [1.165, 1.54) is 6.26 Å². The molecule has 0 aromatic rings. The van der Waals surface area contributed by atoms with Crippen LogP contribution in [0, 0.1) is 0 Å². The van der Waals surface area contributed by atoms with Crippen LogP contribution in [-0.2, 0) is 9.53 Å². The van der Waals surface area contributed by atoms with Crippen molar-refractivity contribution in [2.75, 3.05) is 6.61 Å². The highest BCUT2D eigenvalue weighted by Gasteiger charge is 2.03. The Morgan fingerprint density at radius 2 is 2.17 bits per heavy atom. The normalized spacial score (nSPS) is 11.3. The number of carbonyl (C=O) groups is 1. The predicted molar refractivity (Wildman–Crippen MR) is 48.4 cm³/mol. The molecule has 3 heteroatoms. The SMILES string of the molecule is CCCCC(=COCC)C(N)=O. The van der Waals surface area contributed by atoms with E-state index in [0.29, 0.717) is 18.6 Å². The molecule has 3 nitrogen and oxygen atoms in total. The van der Waals surface area contributed by atoms with Crippen molar-refractivity contribution in [1.82, 2.24) is 0 Å². The third-order valence-corrected chi connectivity index (χ3v) is 1.51. The summed E-state index contributed by atoms with van der Waals surface area (Å²) in [5, 5.41) is 0. The van der Waals surface area contributed by atoms with Crippen molar-refractivity contribution in [1.29, 1.82) is 0 Å². The Hall–Kier alpha value is -0.990. The van der Waals surface area contributed by atoms with Gasteiger partial charge in [0.05, 0.1) is 18.4 Å². The fraction of sp³-hybridized carbons (Fsp3) is 0.667. The maximum Gasteiger partial charge on any atom is 0.247 e. The molecule has 2 N–H and O–H groups in total. The molecule has 0 saturated carbocycles. The van der Waals surface area contributed by atoms with Gasteiger partial charge in [0, 0.05) is 0 Å². The minimum atomic E-state index is -0.378. The lowest BCUT2D eigenvalue weighted by atomic mass is 10.1. The first-order valence-electron chi connectivity index (χ1n) is 4.32. The van der Waals surface area contributed by atoms with Crippen molar-refractivity contribution in [2.24, 2.45) is 5.73 Å². The topological polar surface area (TPSA) is 52.3 Å². The van der Waals surface area contributed by atoms with E-state index < -0.39 is 0 Å². The lowest BCUT2D eigenvalue weighted by molar-refractivity contribution is -0.114. The molecule has 0 aliphatic rings. The highest BCUT2D eigenvalue weighted by molar-refractivity contribution is 5.91. The Kier molecular flexibility index (Phi) is 6.15. The third kappa shape index (κ3) is 4.77. The molecule has 0 bridgehead atoms. The highest BCUT2D eigenvalue weighted by Crippen LogP contribution is 2.06. The van der Waals surface area contributed by atoms with Crippen LogP contribution in [0.5, 0.6) is 0 Å². The monoisotopic (exact) mass is 171 g/mol. The summed E-state index contributed by atoms with van der Waals surface area (Å²) in [5.74, 6) is -0.378. The first-order chi connectivity index (χ1) is 5.72.